The normalized spacial score (nSPS) is 16.7. The van der Waals surface area contributed by atoms with Gasteiger partial charge in [-0.2, -0.15) is 0 Å². The molecule has 1 amide bonds. The van der Waals surface area contributed by atoms with Gasteiger partial charge in [0.05, 0.1) is 33.2 Å². The average Bonchev–Trinajstić information content (AvgIpc) is 2.40. The van der Waals surface area contributed by atoms with Gasteiger partial charge in [-0.1, -0.05) is 13.8 Å². The van der Waals surface area contributed by atoms with Crippen LogP contribution in [0, 0.1) is 5.92 Å². The zero-order chi connectivity index (χ0) is 13.8. The van der Waals surface area contributed by atoms with Crippen molar-refractivity contribution in [1.29, 1.82) is 0 Å². The number of nitrogens with one attached hydrogen (secondary N) is 2. The molecular formula is C15H24N3O+. The fourth-order valence-electron chi connectivity index (χ4n) is 2.19. The van der Waals surface area contributed by atoms with Gasteiger partial charge in [0.1, 0.15) is 0 Å². The van der Waals surface area contributed by atoms with Gasteiger partial charge in [0.15, 0.2) is 0 Å². The molecule has 1 heterocycles. The van der Waals surface area contributed by atoms with Crippen LogP contribution in [0.3, 0.4) is 0 Å². The molecule has 1 aromatic rings. The van der Waals surface area contributed by atoms with Crippen LogP contribution in [0.15, 0.2) is 24.3 Å². The fraction of sp³-hybridized carbons (Fsp3) is 0.533. The summed E-state index contributed by atoms with van der Waals surface area (Å²) >= 11 is 0. The molecule has 0 radical (unpaired) electrons. The van der Waals surface area contributed by atoms with Gasteiger partial charge >= 0.3 is 0 Å². The van der Waals surface area contributed by atoms with E-state index in [4.69, 9.17) is 0 Å². The lowest BCUT2D eigenvalue weighted by molar-refractivity contribution is -0.880. The molecule has 0 aromatic heterocycles. The molecule has 1 aliphatic rings. The van der Waals surface area contributed by atoms with Crippen LogP contribution < -0.4 is 15.1 Å². The van der Waals surface area contributed by atoms with Crippen molar-refractivity contribution in [1.82, 2.24) is 0 Å². The molecule has 0 bridgehead atoms. The Morgan fingerprint density at radius 3 is 2.32 bits per heavy atom. The van der Waals surface area contributed by atoms with E-state index in [1.54, 1.807) is 4.90 Å². The Morgan fingerprint density at radius 2 is 1.79 bits per heavy atom. The summed E-state index contributed by atoms with van der Waals surface area (Å²) in [4.78, 5) is 15.6. The molecule has 0 spiro atoms. The molecule has 2 N–H and O–H groups in total. The molecule has 1 aliphatic heterocycles. The predicted octanol–water partition coefficient (Wildman–Crippen LogP) is 0.616. The van der Waals surface area contributed by atoms with Crippen LogP contribution in [0.1, 0.15) is 13.8 Å². The molecule has 0 saturated carbocycles. The molecule has 2 rings (SSSR count). The highest BCUT2D eigenvalue weighted by molar-refractivity contribution is 5.92. The van der Waals surface area contributed by atoms with Crippen molar-refractivity contribution in [2.45, 2.75) is 13.8 Å². The Labute approximate surface area is 115 Å². The van der Waals surface area contributed by atoms with Crippen LogP contribution in [0.2, 0.25) is 0 Å². The van der Waals surface area contributed by atoms with Crippen molar-refractivity contribution in [3.63, 3.8) is 0 Å². The molecule has 1 aromatic carbocycles. The molecule has 104 valence electrons. The summed E-state index contributed by atoms with van der Waals surface area (Å²) in [7, 11) is 2.24. The third kappa shape index (κ3) is 3.70. The topological polar surface area (TPSA) is 36.8 Å². The van der Waals surface area contributed by atoms with Gasteiger partial charge in [-0.05, 0) is 24.3 Å². The molecule has 19 heavy (non-hydrogen) atoms. The number of likely N-dealkylation sites (N-methyl/N-ethyl adjacent to an activating group) is 1. The smallest absolute Gasteiger partial charge is 0.226 e. The van der Waals surface area contributed by atoms with E-state index in [0.29, 0.717) is 0 Å². The first-order chi connectivity index (χ1) is 9.06. The van der Waals surface area contributed by atoms with Crippen molar-refractivity contribution in [2.75, 3.05) is 43.4 Å². The fourth-order valence-corrected chi connectivity index (χ4v) is 2.19. The predicted molar refractivity (Wildman–Crippen MR) is 78.7 cm³/mol. The third-order valence-electron chi connectivity index (χ3n) is 3.64. The van der Waals surface area contributed by atoms with E-state index in [0.717, 1.165) is 18.8 Å². The average molecular weight is 262 g/mol. The monoisotopic (exact) mass is 262 g/mol. The first-order valence-corrected chi connectivity index (χ1v) is 7.03. The number of carbonyl (C=O) groups excluding carboxylic acids is 1. The van der Waals surface area contributed by atoms with E-state index in [1.165, 1.54) is 18.8 Å². The largest absolute Gasteiger partial charge is 0.360 e. The number of amides is 1. The zero-order valence-corrected chi connectivity index (χ0v) is 12.1. The zero-order valence-electron chi connectivity index (χ0n) is 12.1. The van der Waals surface area contributed by atoms with Gasteiger partial charge < -0.3 is 15.1 Å². The number of rotatable bonds is 3. The summed E-state index contributed by atoms with van der Waals surface area (Å²) in [6.45, 7) is 8.37. The third-order valence-corrected chi connectivity index (χ3v) is 3.64. The standard InChI is InChI=1S/C15H23N3O/c1-12(2)15(19)16-13-4-6-14(7-5-13)18-10-8-17(3)9-11-18/h4-7,12H,8-11H2,1-3H3,(H,16,19)/p+1. The quantitative estimate of drug-likeness (QED) is 0.838. The summed E-state index contributed by atoms with van der Waals surface area (Å²) < 4.78 is 0. The summed E-state index contributed by atoms with van der Waals surface area (Å²) in [5, 5.41) is 2.92. The molecule has 4 nitrogen and oxygen atoms in total. The van der Waals surface area contributed by atoms with Gasteiger partial charge in [-0.3, -0.25) is 4.79 Å². The molecule has 0 unspecified atom stereocenters. The van der Waals surface area contributed by atoms with Crippen molar-refractivity contribution in [2.24, 2.45) is 5.92 Å². The molecule has 1 fully saturated rings. The summed E-state index contributed by atoms with van der Waals surface area (Å²) in [5.41, 5.74) is 2.12. The van der Waals surface area contributed by atoms with E-state index in [-0.39, 0.29) is 11.8 Å². The van der Waals surface area contributed by atoms with Crippen molar-refractivity contribution >= 4 is 17.3 Å². The highest BCUT2D eigenvalue weighted by atomic mass is 16.1. The Bertz CT molecular complexity index is 420. The number of anilines is 2. The maximum Gasteiger partial charge on any atom is 0.226 e. The minimum atomic E-state index is 0.0142. The first-order valence-electron chi connectivity index (χ1n) is 7.03. The van der Waals surface area contributed by atoms with E-state index in [2.05, 4.69) is 29.4 Å². The highest BCUT2D eigenvalue weighted by Gasteiger charge is 2.16. The van der Waals surface area contributed by atoms with Gasteiger partial charge in [0, 0.05) is 17.3 Å². The maximum absolute atomic E-state index is 11.6. The SMILES string of the molecule is CC(C)C(=O)Nc1ccc(N2CC[NH+](C)CC2)cc1. The summed E-state index contributed by atoms with van der Waals surface area (Å²) in [5.74, 6) is 0.0798. The van der Waals surface area contributed by atoms with Gasteiger partial charge in [0.25, 0.3) is 0 Å². The van der Waals surface area contributed by atoms with Crippen molar-refractivity contribution in [3.8, 4) is 0 Å². The van der Waals surface area contributed by atoms with Crippen LogP contribution in [0.25, 0.3) is 0 Å². The second-order valence-corrected chi connectivity index (χ2v) is 5.63. The molecule has 4 heteroatoms. The summed E-state index contributed by atoms with van der Waals surface area (Å²) in [6.07, 6.45) is 0. The van der Waals surface area contributed by atoms with Crippen LogP contribution in [0.4, 0.5) is 11.4 Å². The van der Waals surface area contributed by atoms with E-state index in [1.807, 2.05) is 26.0 Å². The minimum absolute atomic E-state index is 0.0142. The van der Waals surface area contributed by atoms with E-state index < -0.39 is 0 Å². The maximum atomic E-state index is 11.6. The second-order valence-electron chi connectivity index (χ2n) is 5.63. The van der Waals surface area contributed by atoms with Gasteiger partial charge in [0.2, 0.25) is 5.91 Å². The number of carbonyl (C=O) groups is 1. The Balaban J connectivity index is 1.96. The number of nitrogens with zero attached hydrogens (tertiary/aromatic N) is 1. The van der Waals surface area contributed by atoms with Crippen LogP contribution in [-0.2, 0) is 4.79 Å². The molecule has 0 aliphatic carbocycles. The number of quaternary nitrogens is 1. The minimum Gasteiger partial charge on any atom is -0.360 e. The number of hydrogen-bond acceptors (Lipinski definition) is 2. The lowest BCUT2D eigenvalue weighted by Gasteiger charge is -2.31. The number of hydrogen-bond donors (Lipinski definition) is 2. The van der Waals surface area contributed by atoms with Crippen LogP contribution in [-0.4, -0.2) is 39.1 Å². The Hall–Kier alpha value is -1.55. The van der Waals surface area contributed by atoms with E-state index >= 15 is 0 Å². The Morgan fingerprint density at radius 1 is 1.21 bits per heavy atom. The summed E-state index contributed by atoms with van der Waals surface area (Å²) in [6, 6.07) is 8.16. The van der Waals surface area contributed by atoms with Crippen LogP contribution in [0.5, 0.6) is 0 Å². The first kappa shape index (κ1) is 13.9. The Kier molecular flexibility index (Phi) is 4.43. The molecule has 0 atom stereocenters. The number of benzene rings is 1. The van der Waals surface area contributed by atoms with Crippen LogP contribution >= 0.6 is 0 Å². The second kappa shape index (κ2) is 6.06. The number of piperazine rings is 1. The van der Waals surface area contributed by atoms with E-state index in [9.17, 15) is 4.79 Å². The molecular weight excluding hydrogens is 238 g/mol. The van der Waals surface area contributed by atoms with Crippen molar-refractivity contribution in [3.05, 3.63) is 24.3 Å². The van der Waals surface area contributed by atoms with Gasteiger partial charge in [-0.25, -0.2) is 0 Å². The van der Waals surface area contributed by atoms with Crippen molar-refractivity contribution < 1.29 is 9.69 Å². The molecule has 1 saturated heterocycles. The van der Waals surface area contributed by atoms with Gasteiger partial charge in [-0.15, -0.1) is 0 Å². The lowest BCUT2D eigenvalue weighted by atomic mass is 10.2. The lowest BCUT2D eigenvalue weighted by Crippen LogP contribution is -3.12. The highest BCUT2D eigenvalue weighted by Crippen LogP contribution is 2.18.